The first-order chi connectivity index (χ1) is 8.59. The summed E-state index contributed by atoms with van der Waals surface area (Å²) in [6.07, 6.45) is 0. The van der Waals surface area contributed by atoms with Crippen LogP contribution in [-0.2, 0) is 0 Å². The van der Waals surface area contributed by atoms with Crippen LogP contribution < -0.4 is 4.90 Å². The summed E-state index contributed by atoms with van der Waals surface area (Å²) in [4.78, 5) is 13.8. The van der Waals surface area contributed by atoms with Crippen LogP contribution in [0.3, 0.4) is 0 Å². The number of halogens is 1. The van der Waals surface area contributed by atoms with Crippen molar-refractivity contribution in [2.24, 2.45) is 0 Å². The third-order valence-corrected chi connectivity index (χ3v) is 3.57. The molecule has 2 aromatic rings. The molecule has 0 heterocycles. The summed E-state index contributed by atoms with van der Waals surface area (Å²) in [6.45, 7) is 0. The number of hydrogen-bond donors (Lipinski definition) is 1. The minimum absolute atomic E-state index is 0.0920. The molecule has 0 spiro atoms. The van der Waals surface area contributed by atoms with Crippen LogP contribution in [0.5, 0.6) is 5.75 Å². The lowest BCUT2D eigenvalue weighted by molar-refractivity contribution is 0.0992. The zero-order valence-corrected chi connectivity index (χ0v) is 12.0. The van der Waals surface area contributed by atoms with Gasteiger partial charge in [0.05, 0.1) is 5.56 Å². The number of carbonyl (C=O) groups excluding carboxylic acids is 1. The van der Waals surface area contributed by atoms with E-state index in [9.17, 15) is 9.90 Å². The monoisotopic (exact) mass is 353 g/mol. The predicted molar refractivity (Wildman–Crippen MR) is 80.0 cm³/mol. The van der Waals surface area contributed by atoms with Crippen LogP contribution in [0.25, 0.3) is 0 Å². The number of amides is 1. The average Bonchev–Trinajstić information content (AvgIpc) is 2.37. The minimum Gasteiger partial charge on any atom is -0.508 e. The predicted octanol–water partition coefficient (Wildman–Crippen LogP) is 3.27. The Bertz CT molecular complexity index is 584. The number of nitrogens with zero attached hydrogens (tertiary/aromatic N) is 1. The van der Waals surface area contributed by atoms with E-state index in [1.54, 1.807) is 37.4 Å². The van der Waals surface area contributed by atoms with Gasteiger partial charge in [0.1, 0.15) is 5.75 Å². The van der Waals surface area contributed by atoms with Crippen LogP contribution in [0.4, 0.5) is 5.69 Å². The second kappa shape index (κ2) is 5.39. The second-order valence-electron chi connectivity index (χ2n) is 3.86. The molecule has 1 amide bonds. The molecule has 2 aromatic carbocycles. The number of rotatable bonds is 2. The van der Waals surface area contributed by atoms with Gasteiger partial charge in [0.2, 0.25) is 0 Å². The molecule has 0 aliphatic rings. The van der Waals surface area contributed by atoms with Crippen molar-refractivity contribution in [1.29, 1.82) is 0 Å². The van der Waals surface area contributed by atoms with Gasteiger partial charge in [-0.3, -0.25) is 4.79 Å². The van der Waals surface area contributed by atoms with Crippen molar-refractivity contribution >= 4 is 34.2 Å². The third-order valence-electron chi connectivity index (χ3n) is 2.63. The van der Waals surface area contributed by atoms with Crippen molar-refractivity contribution in [1.82, 2.24) is 0 Å². The lowest BCUT2D eigenvalue weighted by Crippen LogP contribution is -2.26. The smallest absolute Gasteiger partial charge is 0.259 e. The molecule has 0 aromatic heterocycles. The van der Waals surface area contributed by atoms with Crippen LogP contribution in [0.1, 0.15) is 10.4 Å². The Morgan fingerprint density at radius 1 is 1.17 bits per heavy atom. The van der Waals surface area contributed by atoms with Gasteiger partial charge in [-0.1, -0.05) is 18.2 Å². The molecule has 0 saturated heterocycles. The maximum Gasteiger partial charge on any atom is 0.259 e. The first kappa shape index (κ1) is 12.9. The molecule has 2 rings (SSSR count). The van der Waals surface area contributed by atoms with Crippen molar-refractivity contribution in [3.63, 3.8) is 0 Å². The molecule has 0 bridgehead atoms. The molecule has 0 unspecified atom stereocenters. The van der Waals surface area contributed by atoms with Crippen LogP contribution >= 0.6 is 22.6 Å². The summed E-state index contributed by atoms with van der Waals surface area (Å²) in [7, 11) is 1.69. The van der Waals surface area contributed by atoms with E-state index in [4.69, 9.17) is 0 Å². The van der Waals surface area contributed by atoms with Crippen LogP contribution in [-0.4, -0.2) is 18.1 Å². The average molecular weight is 353 g/mol. The lowest BCUT2D eigenvalue weighted by atomic mass is 10.2. The number of aromatic hydroxyl groups is 1. The van der Waals surface area contributed by atoms with E-state index >= 15 is 0 Å². The van der Waals surface area contributed by atoms with Gasteiger partial charge in [-0.25, -0.2) is 0 Å². The summed E-state index contributed by atoms with van der Waals surface area (Å²) < 4.78 is 0.909. The van der Waals surface area contributed by atoms with Gasteiger partial charge in [0, 0.05) is 22.4 Å². The molecule has 92 valence electrons. The summed E-state index contributed by atoms with van der Waals surface area (Å²) in [5, 5.41) is 9.43. The van der Waals surface area contributed by atoms with E-state index in [1.807, 2.05) is 18.2 Å². The Morgan fingerprint density at radius 3 is 2.56 bits per heavy atom. The van der Waals surface area contributed by atoms with Gasteiger partial charge in [-0.05, 0) is 46.9 Å². The first-order valence-electron chi connectivity index (χ1n) is 5.41. The minimum atomic E-state index is -0.0920. The number of phenols is 1. The van der Waals surface area contributed by atoms with Gasteiger partial charge in [-0.2, -0.15) is 0 Å². The van der Waals surface area contributed by atoms with Crippen LogP contribution in [0, 0.1) is 3.57 Å². The van der Waals surface area contributed by atoms with Gasteiger partial charge < -0.3 is 10.0 Å². The number of anilines is 1. The lowest BCUT2D eigenvalue weighted by Gasteiger charge is -2.18. The number of hydrogen-bond acceptors (Lipinski definition) is 2. The van der Waals surface area contributed by atoms with Crippen molar-refractivity contribution < 1.29 is 9.90 Å². The van der Waals surface area contributed by atoms with E-state index in [2.05, 4.69) is 22.6 Å². The van der Waals surface area contributed by atoms with E-state index < -0.39 is 0 Å². The van der Waals surface area contributed by atoms with Crippen molar-refractivity contribution in [3.05, 3.63) is 57.7 Å². The molecule has 0 radical (unpaired) electrons. The van der Waals surface area contributed by atoms with Crippen molar-refractivity contribution in [2.45, 2.75) is 0 Å². The molecule has 18 heavy (non-hydrogen) atoms. The maximum absolute atomic E-state index is 12.3. The molecular formula is C14H12INO2. The highest BCUT2D eigenvalue weighted by Crippen LogP contribution is 2.22. The van der Waals surface area contributed by atoms with Crippen LogP contribution in [0.2, 0.25) is 0 Å². The van der Waals surface area contributed by atoms with Gasteiger partial charge in [-0.15, -0.1) is 0 Å². The normalized spacial score (nSPS) is 10.1. The fraction of sp³-hybridized carbons (Fsp3) is 0.0714. The maximum atomic E-state index is 12.3. The van der Waals surface area contributed by atoms with E-state index in [0.29, 0.717) is 11.3 Å². The highest BCUT2D eigenvalue weighted by molar-refractivity contribution is 14.1. The molecule has 3 nitrogen and oxygen atoms in total. The molecular weight excluding hydrogens is 341 g/mol. The summed E-state index contributed by atoms with van der Waals surface area (Å²) >= 11 is 2.14. The van der Waals surface area contributed by atoms with E-state index in [-0.39, 0.29) is 11.7 Å². The number of carbonyl (C=O) groups is 1. The topological polar surface area (TPSA) is 40.5 Å². The highest BCUT2D eigenvalue weighted by Gasteiger charge is 2.15. The number of benzene rings is 2. The molecule has 1 N–H and O–H groups in total. The Balaban J connectivity index is 2.32. The summed E-state index contributed by atoms with van der Waals surface area (Å²) in [5.41, 5.74) is 1.32. The fourth-order valence-corrected chi connectivity index (χ4v) is 2.25. The molecule has 0 aliphatic heterocycles. The summed E-state index contributed by atoms with van der Waals surface area (Å²) in [5.74, 6) is 0.0560. The van der Waals surface area contributed by atoms with Gasteiger partial charge >= 0.3 is 0 Å². The zero-order chi connectivity index (χ0) is 13.1. The molecule has 0 saturated carbocycles. The molecule has 0 aliphatic carbocycles. The van der Waals surface area contributed by atoms with Crippen LogP contribution in [0.15, 0.2) is 48.5 Å². The molecule has 0 fully saturated rings. The first-order valence-corrected chi connectivity index (χ1v) is 6.49. The molecule has 0 atom stereocenters. The largest absolute Gasteiger partial charge is 0.508 e. The standard InChI is InChI=1S/C14H12INO2/c1-16(10-5-4-6-11(17)9-10)14(18)12-7-2-3-8-13(12)15/h2-9,17H,1H3. The second-order valence-corrected chi connectivity index (χ2v) is 5.03. The SMILES string of the molecule is CN(C(=O)c1ccccc1I)c1cccc(O)c1. The van der Waals surface area contributed by atoms with E-state index in [0.717, 1.165) is 3.57 Å². The Labute approximate surface area is 119 Å². The summed E-state index contributed by atoms with van der Waals surface area (Å²) in [6, 6.07) is 14.1. The van der Waals surface area contributed by atoms with Gasteiger partial charge in [0.25, 0.3) is 5.91 Å². The Hall–Kier alpha value is -1.56. The molecule has 4 heteroatoms. The van der Waals surface area contributed by atoms with Crippen molar-refractivity contribution in [3.8, 4) is 5.75 Å². The van der Waals surface area contributed by atoms with Gasteiger partial charge in [0.15, 0.2) is 0 Å². The Morgan fingerprint density at radius 2 is 1.89 bits per heavy atom. The highest BCUT2D eigenvalue weighted by atomic mass is 127. The quantitative estimate of drug-likeness (QED) is 0.842. The van der Waals surface area contributed by atoms with Crippen molar-refractivity contribution in [2.75, 3.05) is 11.9 Å². The number of phenolic OH excluding ortho intramolecular Hbond substituents is 1. The zero-order valence-electron chi connectivity index (χ0n) is 9.80. The third kappa shape index (κ3) is 2.64. The van der Waals surface area contributed by atoms with E-state index in [1.165, 1.54) is 4.90 Å². The fourth-order valence-electron chi connectivity index (χ4n) is 1.63. The Kier molecular flexibility index (Phi) is 3.86.